The summed E-state index contributed by atoms with van der Waals surface area (Å²) in [7, 11) is 0. The molecule has 0 radical (unpaired) electrons. The first-order chi connectivity index (χ1) is 8.33. The van der Waals surface area contributed by atoms with Crippen LogP contribution in [0.1, 0.15) is 29.9 Å². The Labute approximate surface area is 107 Å². The fraction of sp³-hybridized carbons (Fsp3) is 0.375. The van der Waals surface area contributed by atoms with E-state index in [9.17, 15) is 0 Å². The quantitative estimate of drug-likeness (QED) is 0.695. The largest absolute Gasteiger partial charge is 0.162 e. The monoisotopic (exact) mass is 242 g/mol. The smallest absolute Gasteiger partial charge is 0.00617 e. The summed E-state index contributed by atoms with van der Waals surface area (Å²) in [5.41, 5.74) is 2.89. The van der Waals surface area contributed by atoms with Gasteiger partial charge in [-0.15, -0.1) is 0 Å². The number of rotatable bonds is 1. The molecule has 0 N–H and O–H groups in total. The van der Waals surface area contributed by atoms with Gasteiger partial charge in [-0.25, -0.2) is 0 Å². The Morgan fingerprint density at radius 3 is 2.47 bits per heavy atom. The topological polar surface area (TPSA) is 0 Å². The molecule has 1 aliphatic heterocycles. The number of aryl methyl sites for hydroxylation is 1. The summed E-state index contributed by atoms with van der Waals surface area (Å²) in [6, 6.07) is 13.8. The van der Waals surface area contributed by atoms with Gasteiger partial charge in [0.1, 0.15) is 0 Å². The van der Waals surface area contributed by atoms with E-state index in [0.717, 1.165) is 5.92 Å². The van der Waals surface area contributed by atoms with Gasteiger partial charge in [0, 0.05) is 0 Å². The minimum atomic E-state index is 0.793. The van der Waals surface area contributed by atoms with Crippen LogP contribution >= 0.6 is 11.8 Å². The first-order valence-electron chi connectivity index (χ1n) is 6.41. The van der Waals surface area contributed by atoms with Crippen LogP contribution < -0.4 is 0 Å². The van der Waals surface area contributed by atoms with Crippen LogP contribution in [0.25, 0.3) is 10.8 Å². The van der Waals surface area contributed by atoms with E-state index in [1.54, 1.807) is 5.56 Å². The average Bonchev–Trinajstić information content (AvgIpc) is 2.39. The Balaban J connectivity index is 1.98. The van der Waals surface area contributed by atoms with Crippen LogP contribution in [0.5, 0.6) is 0 Å². The van der Waals surface area contributed by atoms with Gasteiger partial charge < -0.3 is 0 Å². The van der Waals surface area contributed by atoms with Gasteiger partial charge in [0.05, 0.1) is 0 Å². The van der Waals surface area contributed by atoms with Crippen LogP contribution in [0.3, 0.4) is 0 Å². The molecule has 1 saturated heterocycles. The van der Waals surface area contributed by atoms with E-state index >= 15 is 0 Å². The number of hydrogen-bond donors (Lipinski definition) is 0. The molecule has 0 aliphatic carbocycles. The molecule has 1 fully saturated rings. The van der Waals surface area contributed by atoms with E-state index < -0.39 is 0 Å². The fourth-order valence-corrected chi connectivity index (χ4v) is 3.77. The summed E-state index contributed by atoms with van der Waals surface area (Å²) in [4.78, 5) is 0. The predicted molar refractivity (Wildman–Crippen MR) is 78.0 cm³/mol. The third-order valence-corrected chi connectivity index (χ3v) is 4.76. The second kappa shape index (κ2) is 4.73. The van der Waals surface area contributed by atoms with Gasteiger partial charge in [-0.05, 0) is 53.5 Å². The maximum Gasteiger partial charge on any atom is -0.00617 e. The minimum Gasteiger partial charge on any atom is -0.162 e. The molecule has 0 amide bonds. The van der Waals surface area contributed by atoms with Crippen molar-refractivity contribution in [3.8, 4) is 0 Å². The molecule has 88 valence electrons. The van der Waals surface area contributed by atoms with Crippen LogP contribution in [0.15, 0.2) is 36.4 Å². The lowest BCUT2D eigenvalue weighted by molar-refractivity contribution is 0.638. The number of fused-ring (bicyclic) bond motifs is 1. The molecule has 2 aromatic rings. The van der Waals surface area contributed by atoms with Crippen molar-refractivity contribution in [1.82, 2.24) is 0 Å². The van der Waals surface area contributed by atoms with Crippen molar-refractivity contribution in [3.05, 3.63) is 47.5 Å². The number of thioether (sulfide) groups is 1. The summed E-state index contributed by atoms with van der Waals surface area (Å²) < 4.78 is 0. The van der Waals surface area contributed by atoms with Crippen molar-refractivity contribution in [2.45, 2.75) is 25.7 Å². The van der Waals surface area contributed by atoms with E-state index in [2.05, 4.69) is 55.1 Å². The highest BCUT2D eigenvalue weighted by atomic mass is 32.2. The van der Waals surface area contributed by atoms with Gasteiger partial charge in [-0.1, -0.05) is 42.0 Å². The fourth-order valence-electron chi connectivity index (χ4n) is 2.67. The van der Waals surface area contributed by atoms with Crippen molar-refractivity contribution in [3.63, 3.8) is 0 Å². The highest BCUT2D eigenvalue weighted by Crippen LogP contribution is 2.33. The predicted octanol–water partition coefficient (Wildman–Crippen LogP) is 4.76. The lowest BCUT2D eigenvalue weighted by Gasteiger charge is -2.22. The van der Waals surface area contributed by atoms with Gasteiger partial charge >= 0.3 is 0 Å². The molecule has 1 aliphatic rings. The zero-order valence-corrected chi connectivity index (χ0v) is 11.1. The Bertz CT molecular complexity index is 524. The zero-order chi connectivity index (χ0) is 11.7. The first kappa shape index (κ1) is 11.2. The molecule has 0 spiro atoms. The van der Waals surface area contributed by atoms with Crippen molar-refractivity contribution >= 4 is 22.5 Å². The molecule has 1 heterocycles. The standard InChI is InChI=1S/C16H18S/c1-12-2-3-16-11-15(5-4-14(16)10-12)13-6-8-17-9-7-13/h2-5,10-11,13H,6-9H2,1H3. The highest BCUT2D eigenvalue weighted by molar-refractivity contribution is 7.99. The molecular weight excluding hydrogens is 224 g/mol. The van der Waals surface area contributed by atoms with Crippen LogP contribution in [0.4, 0.5) is 0 Å². The summed E-state index contributed by atoms with van der Waals surface area (Å²) >= 11 is 2.10. The van der Waals surface area contributed by atoms with E-state index in [-0.39, 0.29) is 0 Å². The van der Waals surface area contributed by atoms with Crippen molar-refractivity contribution in [2.75, 3.05) is 11.5 Å². The molecule has 0 bridgehead atoms. The third kappa shape index (κ3) is 2.35. The summed E-state index contributed by atoms with van der Waals surface area (Å²) in [6.07, 6.45) is 2.70. The Morgan fingerprint density at radius 1 is 0.941 bits per heavy atom. The minimum absolute atomic E-state index is 0.793. The lowest BCUT2D eigenvalue weighted by atomic mass is 9.91. The molecule has 0 aromatic heterocycles. The van der Waals surface area contributed by atoms with E-state index in [4.69, 9.17) is 0 Å². The summed E-state index contributed by atoms with van der Waals surface area (Å²) in [5.74, 6) is 3.45. The van der Waals surface area contributed by atoms with Crippen molar-refractivity contribution in [2.24, 2.45) is 0 Å². The van der Waals surface area contributed by atoms with Crippen molar-refractivity contribution in [1.29, 1.82) is 0 Å². The molecule has 2 aromatic carbocycles. The van der Waals surface area contributed by atoms with Gasteiger partial charge in [-0.3, -0.25) is 0 Å². The van der Waals surface area contributed by atoms with Crippen LogP contribution in [-0.2, 0) is 0 Å². The number of benzene rings is 2. The van der Waals surface area contributed by atoms with Crippen molar-refractivity contribution < 1.29 is 0 Å². The molecule has 17 heavy (non-hydrogen) atoms. The Kier molecular flexibility index (Phi) is 3.11. The van der Waals surface area contributed by atoms with Crippen LogP contribution in [0.2, 0.25) is 0 Å². The Morgan fingerprint density at radius 2 is 1.65 bits per heavy atom. The molecule has 1 heteroatoms. The van der Waals surface area contributed by atoms with Crippen LogP contribution in [0, 0.1) is 6.92 Å². The maximum absolute atomic E-state index is 2.40. The van der Waals surface area contributed by atoms with Gasteiger partial charge in [0.15, 0.2) is 0 Å². The van der Waals surface area contributed by atoms with Gasteiger partial charge in [0.25, 0.3) is 0 Å². The highest BCUT2D eigenvalue weighted by Gasteiger charge is 2.15. The summed E-state index contributed by atoms with van der Waals surface area (Å²) in [6.45, 7) is 2.16. The second-order valence-corrected chi connectivity index (χ2v) is 6.22. The first-order valence-corrected chi connectivity index (χ1v) is 7.56. The SMILES string of the molecule is Cc1ccc2cc(C3CCSCC3)ccc2c1. The maximum atomic E-state index is 2.40. The third-order valence-electron chi connectivity index (χ3n) is 3.71. The molecule has 0 unspecified atom stereocenters. The molecule has 0 nitrogen and oxygen atoms in total. The molecule has 0 saturated carbocycles. The van der Waals surface area contributed by atoms with Crippen LogP contribution in [-0.4, -0.2) is 11.5 Å². The molecular formula is C16H18S. The molecule has 3 rings (SSSR count). The van der Waals surface area contributed by atoms with E-state index in [1.165, 1.54) is 40.7 Å². The lowest BCUT2D eigenvalue weighted by Crippen LogP contribution is -2.07. The van der Waals surface area contributed by atoms with Gasteiger partial charge in [0.2, 0.25) is 0 Å². The normalized spacial score (nSPS) is 17.5. The summed E-state index contributed by atoms with van der Waals surface area (Å²) in [5, 5.41) is 2.77. The van der Waals surface area contributed by atoms with E-state index in [0.29, 0.717) is 0 Å². The number of hydrogen-bond acceptors (Lipinski definition) is 1. The Hall–Kier alpha value is -0.950. The molecule has 0 atom stereocenters. The van der Waals surface area contributed by atoms with E-state index in [1.807, 2.05) is 0 Å². The average molecular weight is 242 g/mol. The van der Waals surface area contributed by atoms with Gasteiger partial charge in [-0.2, -0.15) is 11.8 Å². The zero-order valence-electron chi connectivity index (χ0n) is 10.3. The second-order valence-electron chi connectivity index (χ2n) is 5.00.